The van der Waals surface area contributed by atoms with Gasteiger partial charge in [0, 0.05) is 28.2 Å². The Morgan fingerprint density at radius 2 is 1.92 bits per heavy atom. The molecule has 2 aromatic carbocycles. The highest BCUT2D eigenvalue weighted by Crippen LogP contribution is 2.26. The molecule has 0 saturated heterocycles. The van der Waals surface area contributed by atoms with Crippen LogP contribution in [-0.4, -0.2) is 20.7 Å². The molecule has 26 heavy (non-hydrogen) atoms. The number of amides is 1. The summed E-state index contributed by atoms with van der Waals surface area (Å²) in [6, 6.07) is 16.7. The number of hydrogen-bond acceptors (Lipinski definition) is 4. The first-order chi connectivity index (χ1) is 12.6. The fraction of sp³-hybridized carbons (Fsp3) is 0.105. The maximum absolute atomic E-state index is 12.4. The minimum atomic E-state index is -0.331. The molecule has 0 spiro atoms. The molecule has 0 unspecified atom stereocenters. The van der Waals surface area contributed by atoms with E-state index in [1.807, 2.05) is 42.0 Å². The van der Waals surface area contributed by atoms with Gasteiger partial charge < -0.3 is 5.32 Å². The van der Waals surface area contributed by atoms with Crippen LogP contribution in [0.25, 0.3) is 5.69 Å². The third-order valence-electron chi connectivity index (χ3n) is 3.64. The van der Waals surface area contributed by atoms with E-state index in [9.17, 15) is 4.79 Å². The topological polar surface area (TPSA) is 70.7 Å². The van der Waals surface area contributed by atoms with Gasteiger partial charge in [-0.15, -0.1) is 0 Å². The first-order valence-electron chi connectivity index (χ1n) is 7.84. The minimum absolute atomic E-state index is 0.120. The molecule has 0 aliphatic heterocycles. The summed E-state index contributed by atoms with van der Waals surface area (Å²) in [6.45, 7) is 1.84. The smallest absolute Gasteiger partial charge is 0.237 e. The van der Waals surface area contributed by atoms with Crippen molar-refractivity contribution in [3.63, 3.8) is 0 Å². The van der Waals surface area contributed by atoms with Crippen molar-refractivity contribution in [2.75, 3.05) is 5.32 Å². The second-order valence-electron chi connectivity index (χ2n) is 5.49. The number of hydrogen-bond donors (Lipinski definition) is 1. The Hall–Kier alpha value is -2.56. The fourth-order valence-corrected chi connectivity index (χ4v) is 3.41. The zero-order valence-corrected chi connectivity index (χ0v) is 16.3. The van der Waals surface area contributed by atoms with Gasteiger partial charge in [-0.25, -0.2) is 4.98 Å². The molecule has 0 saturated carbocycles. The van der Waals surface area contributed by atoms with Crippen LogP contribution in [0.4, 0.5) is 5.69 Å². The number of imidazole rings is 1. The average molecular weight is 427 g/mol. The molecule has 0 aliphatic carbocycles. The minimum Gasteiger partial charge on any atom is -0.325 e. The Labute approximate surface area is 164 Å². The van der Waals surface area contributed by atoms with E-state index in [4.69, 9.17) is 5.26 Å². The van der Waals surface area contributed by atoms with Crippen LogP contribution in [0.2, 0.25) is 0 Å². The van der Waals surface area contributed by atoms with Crippen LogP contribution >= 0.6 is 27.7 Å². The Bertz CT molecular complexity index is 945. The van der Waals surface area contributed by atoms with E-state index >= 15 is 0 Å². The third kappa shape index (κ3) is 4.34. The van der Waals surface area contributed by atoms with Crippen molar-refractivity contribution in [3.8, 4) is 11.8 Å². The quantitative estimate of drug-likeness (QED) is 0.603. The number of nitriles is 1. The first-order valence-corrected chi connectivity index (χ1v) is 9.51. The lowest BCUT2D eigenvalue weighted by molar-refractivity contribution is -0.115. The maximum Gasteiger partial charge on any atom is 0.237 e. The summed E-state index contributed by atoms with van der Waals surface area (Å²) in [5.74, 6) is -0.120. The third-order valence-corrected chi connectivity index (χ3v) is 5.25. The molecule has 1 N–H and O–H groups in total. The van der Waals surface area contributed by atoms with Gasteiger partial charge in [-0.1, -0.05) is 27.7 Å². The average Bonchev–Trinajstić information content (AvgIpc) is 3.11. The lowest BCUT2D eigenvalue weighted by Crippen LogP contribution is -2.22. The summed E-state index contributed by atoms with van der Waals surface area (Å²) in [4.78, 5) is 16.8. The van der Waals surface area contributed by atoms with Gasteiger partial charge in [0.1, 0.15) is 0 Å². The molecule has 0 aliphatic rings. The highest BCUT2D eigenvalue weighted by atomic mass is 79.9. The standard InChI is InChI=1S/C19H15BrN4OS/c1-13(18(25)23-16-6-2-14(12-21)3-7-16)26-19-22-10-11-24(19)17-8-4-15(20)5-9-17/h2-11,13H,1H3,(H,23,25)/t13-/m1/s1. The molecule has 3 aromatic rings. The molecule has 0 bridgehead atoms. The number of halogens is 1. The molecular formula is C19H15BrN4OS. The van der Waals surface area contributed by atoms with Crippen molar-refractivity contribution in [2.45, 2.75) is 17.3 Å². The number of aromatic nitrogens is 2. The van der Waals surface area contributed by atoms with Crippen molar-refractivity contribution in [1.82, 2.24) is 9.55 Å². The van der Waals surface area contributed by atoms with Crippen LogP contribution in [0.15, 0.2) is 70.6 Å². The van der Waals surface area contributed by atoms with E-state index in [1.54, 1.807) is 30.5 Å². The molecule has 1 heterocycles. The monoisotopic (exact) mass is 426 g/mol. The van der Waals surface area contributed by atoms with E-state index in [1.165, 1.54) is 11.8 Å². The van der Waals surface area contributed by atoms with Gasteiger partial charge in [-0.2, -0.15) is 5.26 Å². The molecule has 5 nitrogen and oxygen atoms in total. The number of nitrogens with one attached hydrogen (secondary N) is 1. The van der Waals surface area contributed by atoms with Gasteiger partial charge in [0.15, 0.2) is 5.16 Å². The Balaban J connectivity index is 1.69. The summed E-state index contributed by atoms with van der Waals surface area (Å²) < 4.78 is 2.95. The molecule has 0 fully saturated rings. The number of rotatable bonds is 5. The predicted octanol–water partition coefficient (Wildman–Crippen LogP) is 4.63. The van der Waals surface area contributed by atoms with Gasteiger partial charge in [0.05, 0.1) is 16.9 Å². The Morgan fingerprint density at radius 1 is 1.23 bits per heavy atom. The fourth-order valence-electron chi connectivity index (χ4n) is 2.26. The molecule has 1 aromatic heterocycles. The van der Waals surface area contributed by atoms with Crippen LogP contribution < -0.4 is 5.32 Å². The molecule has 1 atom stereocenters. The summed E-state index contributed by atoms with van der Waals surface area (Å²) >= 11 is 4.81. The second-order valence-corrected chi connectivity index (χ2v) is 7.72. The van der Waals surface area contributed by atoms with Gasteiger partial charge in [-0.3, -0.25) is 9.36 Å². The summed E-state index contributed by atoms with van der Waals surface area (Å²) in [6.07, 6.45) is 3.59. The molecular weight excluding hydrogens is 412 g/mol. The van der Waals surface area contributed by atoms with Gasteiger partial charge in [0.25, 0.3) is 0 Å². The van der Waals surface area contributed by atoms with Crippen molar-refractivity contribution in [1.29, 1.82) is 5.26 Å². The van der Waals surface area contributed by atoms with Crippen molar-refractivity contribution >= 4 is 39.3 Å². The van der Waals surface area contributed by atoms with Crippen LogP contribution in [0.3, 0.4) is 0 Å². The van der Waals surface area contributed by atoms with Crippen molar-refractivity contribution in [3.05, 3.63) is 71.0 Å². The van der Waals surface area contributed by atoms with E-state index in [0.717, 1.165) is 15.3 Å². The highest BCUT2D eigenvalue weighted by molar-refractivity contribution is 9.10. The molecule has 0 radical (unpaired) electrons. The summed E-state index contributed by atoms with van der Waals surface area (Å²) in [5.41, 5.74) is 2.20. The zero-order chi connectivity index (χ0) is 18.5. The normalized spacial score (nSPS) is 11.6. The summed E-state index contributed by atoms with van der Waals surface area (Å²) in [7, 11) is 0. The van der Waals surface area contributed by atoms with E-state index in [0.29, 0.717) is 11.3 Å². The SMILES string of the molecule is C[C@@H](Sc1nccn1-c1ccc(Br)cc1)C(=O)Nc1ccc(C#N)cc1. The van der Waals surface area contributed by atoms with Crippen LogP contribution in [0.1, 0.15) is 12.5 Å². The van der Waals surface area contributed by atoms with E-state index in [2.05, 4.69) is 32.3 Å². The number of carbonyl (C=O) groups is 1. The second kappa shape index (κ2) is 8.21. The number of nitrogens with zero attached hydrogens (tertiary/aromatic N) is 3. The number of benzene rings is 2. The molecule has 7 heteroatoms. The van der Waals surface area contributed by atoms with Gasteiger partial charge >= 0.3 is 0 Å². The number of anilines is 1. The van der Waals surface area contributed by atoms with E-state index in [-0.39, 0.29) is 11.2 Å². The lowest BCUT2D eigenvalue weighted by Gasteiger charge is -2.13. The van der Waals surface area contributed by atoms with Gasteiger partial charge in [0.2, 0.25) is 5.91 Å². The maximum atomic E-state index is 12.4. The number of carbonyl (C=O) groups excluding carboxylic acids is 1. The molecule has 1 amide bonds. The molecule has 130 valence electrons. The predicted molar refractivity (Wildman–Crippen MR) is 106 cm³/mol. The lowest BCUT2D eigenvalue weighted by atomic mass is 10.2. The largest absolute Gasteiger partial charge is 0.325 e. The zero-order valence-electron chi connectivity index (χ0n) is 13.9. The van der Waals surface area contributed by atoms with Crippen LogP contribution in [0, 0.1) is 11.3 Å². The summed E-state index contributed by atoms with van der Waals surface area (Å²) in [5, 5.41) is 12.1. The van der Waals surface area contributed by atoms with Crippen molar-refractivity contribution < 1.29 is 4.79 Å². The number of thioether (sulfide) groups is 1. The van der Waals surface area contributed by atoms with Crippen LogP contribution in [0.5, 0.6) is 0 Å². The Kier molecular flexibility index (Phi) is 5.76. The highest BCUT2D eigenvalue weighted by Gasteiger charge is 2.18. The van der Waals surface area contributed by atoms with Crippen LogP contribution in [-0.2, 0) is 4.79 Å². The Morgan fingerprint density at radius 3 is 2.58 bits per heavy atom. The van der Waals surface area contributed by atoms with Gasteiger partial charge in [-0.05, 0) is 55.5 Å². The first kappa shape index (κ1) is 18.2. The van der Waals surface area contributed by atoms with E-state index < -0.39 is 0 Å². The molecule has 3 rings (SSSR count). The van der Waals surface area contributed by atoms with Crippen molar-refractivity contribution in [2.24, 2.45) is 0 Å².